The molecule has 0 unspecified atom stereocenters. The van der Waals surface area contributed by atoms with E-state index in [-0.39, 0.29) is 61.5 Å². The van der Waals surface area contributed by atoms with E-state index >= 15 is 0 Å². The van der Waals surface area contributed by atoms with Gasteiger partial charge in [-0.1, -0.05) is 20.3 Å². The lowest BCUT2D eigenvalue weighted by atomic mass is 10.0. The summed E-state index contributed by atoms with van der Waals surface area (Å²) in [5.41, 5.74) is 0.000783. The zero-order chi connectivity index (χ0) is 20.6. The van der Waals surface area contributed by atoms with E-state index in [0.717, 1.165) is 18.6 Å². The summed E-state index contributed by atoms with van der Waals surface area (Å²) >= 11 is 0. The van der Waals surface area contributed by atoms with Crippen LogP contribution in [0.5, 0.6) is 5.75 Å². The second-order valence-corrected chi connectivity index (χ2v) is 8.47. The second kappa shape index (κ2) is 10.0. The number of halogens is 2. The minimum Gasteiger partial charge on any atom is -0.488 e. The third-order valence-corrected chi connectivity index (χ3v) is 6.31. The number of sulfonamides is 1. The van der Waals surface area contributed by atoms with Crippen LogP contribution in [0.4, 0.5) is 14.5 Å². The number of ether oxygens (including phenoxy) is 1. The number of benzene rings is 1. The molecule has 1 amide bonds. The fourth-order valence-electron chi connectivity index (χ4n) is 2.97. The van der Waals surface area contributed by atoms with Gasteiger partial charge in [0.25, 0.3) is 5.91 Å². The van der Waals surface area contributed by atoms with Crippen LogP contribution < -0.4 is 14.8 Å². The first-order valence-electron chi connectivity index (χ1n) is 8.75. The van der Waals surface area contributed by atoms with Crippen molar-refractivity contribution in [3.05, 3.63) is 41.7 Å². The van der Waals surface area contributed by atoms with Gasteiger partial charge < -0.3 is 14.6 Å². The van der Waals surface area contributed by atoms with Gasteiger partial charge in [-0.3, -0.25) is 4.79 Å². The van der Waals surface area contributed by atoms with Crippen molar-refractivity contribution in [1.82, 2.24) is 9.29 Å². The zero-order valence-electron chi connectivity index (χ0n) is 16.6. The van der Waals surface area contributed by atoms with Crippen molar-refractivity contribution in [1.29, 1.82) is 0 Å². The van der Waals surface area contributed by atoms with Crippen LogP contribution in [0.3, 0.4) is 0 Å². The van der Waals surface area contributed by atoms with Gasteiger partial charge in [0, 0.05) is 25.0 Å². The molecule has 0 radical (unpaired) electrons. The average Bonchev–Trinajstić information content (AvgIpc) is 2.92. The third-order valence-electron chi connectivity index (χ3n) is 4.83. The Hall–Kier alpha value is -1.76. The first-order chi connectivity index (χ1) is 13.1. The number of aryl methyl sites for hydroxylation is 1. The summed E-state index contributed by atoms with van der Waals surface area (Å²) in [6.45, 7) is 3.91. The summed E-state index contributed by atoms with van der Waals surface area (Å²) < 4.78 is 61.6. The van der Waals surface area contributed by atoms with E-state index in [1.54, 1.807) is 0 Å². The van der Waals surface area contributed by atoms with Gasteiger partial charge in [0.15, 0.2) is 23.1 Å². The van der Waals surface area contributed by atoms with Crippen LogP contribution in [0.25, 0.3) is 0 Å². The van der Waals surface area contributed by atoms with Gasteiger partial charge in [-0.05, 0) is 18.1 Å². The number of fused-ring (bicyclic) bond motifs is 1. The lowest BCUT2D eigenvalue weighted by Gasteiger charge is -2.21. The SMILES string of the molecule is CC[C@H](C)[C@H]1COc2c(cn(C)c2C(=O)Nc2ccc(F)c(F)c2)S(=O)(=O)N1.S.S. The van der Waals surface area contributed by atoms with Gasteiger partial charge in [-0.15, -0.1) is 0 Å². The highest BCUT2D eigenvalue weighted by molar-refractivity contribution is 7.89. The molecule has 0 fully saturated rings. The fourth-order valence-corrected chi connectivity index (χ4v) is 4.49. The molecule has 2 N–H and O–H groups in total. The molecule has 3 rings (SSSR count). The van der Waals surface area contributed by atoms with Gasteiger partial charge in [0.2, 0.25) is 10.0 Å². The molecule has 0 saturated heterocycles. The van der Waals surface area contributed by atoms with E-state index in [1.807, 2.05) is 13.8 Å². The number of rotatable bonds is 4. The smallest absolute Gasteiger partial charge is 0.276 e. The van der Waals surface area contributed by atoms with Crippen molar-refractivity contribution in [3.63, 3.8) is 0 Å². The molecular weight excluding hydrogens is 456 g/mol. The van der Waals surface area contributed by atoms with Crippen molar-refractivity contribution in [3.8, 4) is 5.75 Å². The Morgan fingerprint density at radius 1 is 1.33 bits per heavy atom. The summed E-state index contributed by atoms with van der Waals surface area (Å²) in [5.74, 6) is -2.88. The van der Waals surface area contributed by atoms with E-state index in [0.29, 0.717) is 0 Å². The summed E-state index contributed by atoms with van der Waals surface area (Å²) in [5, 5.41) is 2.43. The molecule has 168 valence electrons. The first-order valence-corrected chi connectivity index (χ1v) is 10.2. The highest BCUT2D eigenvalue weighted by Gasteiger charge is 2.35. The summed E-state index contributed by atoms with van der Waals surface area (Å²) in [4.78, 5) is 12.6. The fraction of sp³-hybridized carbons (Fsp3) is 0.389. The predicted octanol–water partition coefficient (Wildman–Crippen LogP) is 2.87. The number of hydrogen-bond acceptors (Lipinski definition) is 4. The Balaban J connectivity index is 0.00000225. The van der Waals surface area contributed by atoms with E-state index < -0.39 is 33.6 Å². The van der Waals surface area contributed by atoms with Crippen molar-refractivity contribution >= 4 is 48.6 Å². The maximum atomic E-state index is 13.4. The number of anilines is 1. The van der Waals surface area contributed by atoms with Gasteiger partial charge in [-0.2, -0.15) is 27.0 Å². The minimum absolute atomic E-state index is 0. The number of nitrogens with zero attached hydrogens (tertiary/aromatic N) is 1. The highest BCUT2D eigenvalue weighted by Crippen LogP contribution is 2.33. The predicted molar refractivity (Wildman–Crippen MR) is 120 cm³/mol. The molecule has 0 bridgehead atoms. The maximum absolute atomic E-state index is 13.4. The molecule has 1 aliphatic rings. The number of hydrogen-bond donors (Lipinski definition) is 2. The van der Waals surface area contributed by atoms with Gasteiger partial charge in [0.1, 0.15) is 11.5 Å². The monoisotopic (exact) mass is 481 g/mol. The van der Waals surface area contributed by atoms with Crippen LogP contribution in [0, 0.1) is 17.6 Å². The number of aromatic nitrogens is 1. The minimum atomic E-state index is -3.89. The average molecular weight is 482 g/mol. The van der Waals surface area contributed by atoms with E-state index in [2.05, 4.69) is 10.0 Å². The molecule has 2 atom stereocenters. The Kier molecular flexibility index (Phi) is 8.79. The van der Waals surface area contributed by atoms with E-state index in [4.69, 9.17) is 4.74 Å². The second-order valence-electron chi connectivity index (χ2n) is 6.79. The zero-order valence-corrected chi connectivity index (χ0v) is 19.4. The molecule has 12 heteroatoms. The molecule has 0 aliphatic carbocycles. The molecule has 2 heterocycles. The van der Waals surface area contributed by atoms with Crippen molar-refractivity contribution in [2.45, 2.75) is 31.2 Å². The van der Waals surface area contributed by atoms with Crippen LogP contribution in [-0.4, -0.2) is 31.5 Å². The van der Waals surface area contributed by atoms with Gasteiger partial charge in [0.05, 0.1) is 6.04 Å². The van der Waals surface area contributed by atoms with Crippen LogP contribution in [0.1, 0.15) is 30.8 Å². The largest absolute Gasteiger partial charge is 0.488 e. The van der Waals surface area contributed by atoms with E-state index in [9.17, 15) is 22.0 Å². The van der Waals surface area contributed by atoms with Crippen molar-refractivity contribution in [2.75, 3.05) is 11.9 Å². The summed E-state index contributed by atoms with van der Waals surface area (Å²) in [6.07, 6.45) is 2.04. The number of amides is 1. The number of carbonyl (C=O) groups excluding carboxylic acids is 1. The Labute approximate surface area is 188 Å². The molecule has 1 aliphatic heterocycles. The molecule has 0 saturated carbocycles. The molecule has 0 spiro atoms. The van der Waals surface area contributed by atoms with Gasteiger partial charge in [-0.25, -0.2) is 21.9 Å². The topological polar surface area (TPSA) is 89.4 Å². The Bertz CT molecular complexity index is 1030. The first kappa shape index (κ1) is 26.3. The summed E-state index contributed by atoms with van der Waals surface area (Å²) in [6, 6.07) is 2.50. The molecule has 7 nitrogen and oxygen atoms in total. The maximum Gasteiger partial charge on any atom is 0.276 e. The lowest BCUT2D eigenvalue weighted by molar-refractivity contribution is 0.101. The van der Waals surface area contributed by atoms with Crippen molar-refractivity contribution < 1.29 is 26.7 Å². The quantitative estimate of drug-likeness (QED) is 0.703. The van der Waals surface area contributed by atoms with Crippen LogP contribution in [0.2, 0.25) is 0 Å². The molecule has 30 heavy (non-hydrogen) atoms. The molecule has 2 aromatic rings. The Morgan fingerprint density at radius 3 is 2.60 bits per heavy atom. The number of carbonyl (C=O) groups is 1. The van der Waals surface area contributed by atoms with Gasteiger partial charge >= 0.3 is 0 Å². The highest BCUT2D eigenvalue weighted by atomic mass is 32.2. The molecule has 1 aromatic heterocycles. The van der Waals surface area contributed by atoms with Crippen LogP contribution in [0.15, 0.2) is 29.3 Å². The summed E-state index contributed by atoms with van der Waals surface area (Å²) in [7, 11) is -2.39. The molecule has 1 aromatic carbocycles. The number of nitrogens with one attached hydrogen (secondary N) is 2. The van der Waals surface area contributed by atoms with Crippen LogP contribution >= 0.6 is 27.0 Å². The standard InChI is InChI=1S/C18H21F2N3O4S.2H2S/c1-4-10(2)14-9-27-17-15(28(25,26)22-14)8-23(3)16(17)18(24)21-11-5-6-12(19)13(20)7-11;;/h5-8,10,14,22H,4,9H2,1-3H3,(H,21,24);2*1H2/t10-,14+;;/m0../s1. The van der Waals surface area contributed by atoms with E-state index in [1.165, 1.54) is 23.9 Å². The molecular formula is C18H25F2N3O4S3. The van der Waals surface area contributed by atoms with Crippen LogP contribution in [-0.2, 0) is 17.1 Å². The third kappa shape index (κ3) is 5.10. The lowest BCUT2D eigenvalue weighted by Crippen LogP contribution is -2.41. The van der Waals surface area contributed by atoms with Crippen molar-refractivity contribution in [2.24, 2.45) is 13.0 Å². The normalized spacial score (nSPS) is 18.0. The Morgan fingerprint density at radius 2 is 2.00 bits per heavy atom.